The van der Waals surface area contributed by atoms with E-state index in [-0.39, 0.29) is 0 Å². The van der Waals surface area contributed by atoms with Crippen LogP contribution in [0, 0.1) is 13.8 Å². The SMILES string of the molecule is Cc1ccc2c(c1)[C@@]1(c3ccc(Cl)c(Cl)c3)Oc3ccc(C)cc3[C@](c3ccc(Cl)c(Cl)c3)(O2)O1. The Morgan fingerprint density at radius 1 is 0.514 bits per heavy atom. The van der Waals surface area contributed by atoms with Gasteiger partial charge in [-0.25, -0.2) is 0 Å². The van der Waals surface area contributed by atoms with Gasteiger partial charge in [-0.3, -0.25) is 4.74 Å². The maximum absolute atomic E-state index is 6.97. The molecule has 0 amide bonds. The van der Waals surface area contributed by atoms with Crippen molar-refractivity contribution in [1.29, 1.82) is 0 Å². The Morgan fingerprint density at radius 3 is 1.34 bits per heavy atom. The normalized spacial score (nSPS) is 22.0. The van der Waals surface area contributed by atoms with Crippen molar-refractivity contribution in [3.8, 4) is 11.5 Å². The molecule has 4 aromatic rings. The molecule has 0 aromatic heterocycles. The lowest BCUT2D eigenvalue weighted by Crippen LogP contribution is -2.56. The Morgan fingerprint density at radius 2 is 0.943 bits per heavy atom. The molecule has 0 unspecified atom stereocenters. The Labute approximate surface area is 223 Å². The zero-order chi connectivity index (χ0) is 24.5. The van der Waals surface area contributed by atoms with Crippen LogP contribution in [0.2, 0.25) is 20.1 Å². The molecule has 0 saturated heterocycles. The van der Waals surface area contributed by atoms with E-state index in [9.17, 15) is 0 Å². The molecular weight excluding hydrogens is 526 g/mol. The molecule has 0 spiro atoms. The van der Waals surface area contributed by atoms with Crippen molar-refractivity contribution in [3.05, 3.63) is 126 Å². The van der Waals surface area contributed by atoms with Crippen LogP contribution in [0.4, 0.5) is 0 Å². The lowest BCUT2D eigenvalue weighted by Gasteiger charge is -2.52. The third-order valence-corrected chi connectivity index (χ3v) is 7.85. The first-order chi connectivity index (χ1) is 16.7. The maximum Gasteiger partial charge on any atom is 0.271 e. The molecule has 3 nitrogen and oxygen atoms in total. The molecular formula is C28H18Cl4O3. The minimum atomic E-state index is -1.37. The van der Waals surface area contributed by atoms with Crippen LogP contribution in [-0.4, -0.2) is 0 Å². The summed E-state index contributed by atoms with van der Waals surface area (Å²) in [5.41, 5.74) is 4.84. The highest BCUT2D eigenvalue weighted by atomic mass is 35.5. The molecule has 0 saturated carbocycles. The number of rotatable bonds is 2. The number of benzene rings is 4. The van der Waals surface area contributed by atoms with Gasteiger partial charge in [-0.1, -0.05) is 81.8 Å². The van der Waals surface area contributed by atoms with Gasteiger partial charge in [0.05, 0.1) is 31.2 Å². The van der Waals surface area contributed by atoms with Gasteiger partial charge in [-0.15, -0.1) is 0 Å². The van der Waals surface area contributed by atoms with Crippen molar-refractivity contribution in [2.24, 2.45) is 0 Å². The van der Waals surface area contributed by atoms with E-state index in [1.165, 1.54) is 0 Å². The highest BCUT2D eigenvalue weighted by Crippen LogP contribution is 2.59. The van der Waals surface area contributed by atoms with E-state index in [4.69, 9.17) is 60.6 Å². The fourth-order valence-electron chi connectivity index (χ4n) is 4.70. The van der Waals surface area contributed by atoms with E-state index >= 15 is 0 Å². The summed E-state index contributed by atoms with van der Waals surface area (Å²) >= 11 is 25.5. The second-order valence-electron chi connectivity index (χ2n) is 8.80. The minimum absolute atomic E-state index is 0.390. The molecule has 0 fully saturated rings. The fraction of sp³-hybridized carbons (Fsp3) is 0.143. The third-order valence-electron chi connectivity index (χ3n) is 6.37. The summed E-state index contributed by atoms with van der Waals surface area (Å²) in [6.45, 7) is 4.01. The lowest BCUT2D eigenvalue weighted by atomic mass is 9.86. The lowest BCUT2D eigenvalue weighted by molar-refractivity contribution is -0.322. The van der Waals surface area contributed by atoms with Crippen LogP contribution in [-0.2, 0) is 16.3 Å². The van der Waals surface area contributed by atoms with Crippen molar-refractivity contribution < 1.29 is 14.2 Å². The molecule has 6 rings (SSSR count). The first kappa shape index (κ1) is 23.0. The molecule has 2 aliphatic rings. The second kappa shape index (κ2) is 8.06. The standard InChI is InChI=1S/C28H18Cl4O3/c1-15-3-9-25-19(11-15)27(17-5-7-21(29)23(31)13-17)34-26-10-4-16(2)12-20(26)28(33-25,35-27)18-6-8-22(30)24(32)14-18/h3-14H,1-2H3/t27-,28+. The van der Waals surface area contributed by atoms with Crippen molar-refractivity contribution in [2.75, 3.05) is 0 Å². The highest BCUT2D eigenvalue weighted by Gasteiger charge is 2.60. The maximum atomic E-state index is 6.97. The Balaban J connectivity index is 1.72. The molecule has 0 aliphatic carbocycles. The average molecular weight is 544 g/mol. The van der Waals surface area contributed by atoms with Crippen LogP contribution >= 0.6 is 46.4 Å². The predicted molar refractivity (Wildman–Crippen MR) is 139 cm³/mol. The van der Waals surface area contributed by atoms with Crippen LogP contribution < -0.4 is 9.47 Å². The summed E-state index contributed by atoms with van der Waals surface area (Å²) in [4.78, 5) is 0. The molecule has 7 heteroatoms. The van der Waals surface area contributed by atoms with Gasteiger partial charge in [-0.2, -0.15) is 0 Å². The Hall–Kier alpha value is -2.40. The number of aryl methyl sites for hydroxylation is 2. The number of ether oxygens (including phenoxy) is 3. The van der Waals surface area contributed by atoms with E-state index in [0.29, 0.717) is 42.7 Å². The molecule has 2 aliphatic heterocycles. The van der Waals surface area contributed by atoms with E-state index in [2.05, 4.69) is 0 Å². The van der Waals surface area contributed by atoms with Crippen molar-refractivity contribution >= 4 is 46.4 Å². The highest BCUT2D eigenvalue weighted by molar-refractivity contribution is 6.42. The average Bonchev–Trinajstić information content (AvgIpc) is 2.83. The molecule has 2 bridgehead atoms. The van der Waals surface area contributed by atoms with Crippen LogP contribution in [0.15, 0.2) is 72.8 Å². The van der Waals surface area contributed by atoms with E-state index in [1.54, 1.807) is 24.3 Å². The van der Waals surface area contributed by atoms with Gasteiger partial charge in [-0.05, 0) is 62.4 Å². The second-order valence-corrected chi connectivity index (χ2v) is 10.4. The van der Waals surface area contributed by atoms with Crippen LogP contribution in [0.3, 0.4) is 0 Å². The van der Waals surface area contributed by atoms with Crippen molar-refractivity contribution in [3.63, 3.8) is 0 Å². The number of hydrogen-bond acceptors (Lipinski definition) is 3. The summed E-state index contributed by atoms with van der Waals surface area (Å²) in [5, 5.41) is 1.65. The first-order valence-electron chi connectivity index (χ1n) is 10.9. The molecule has 35 heavy (non-hydrogen) atoms. The zero-order valence-electron chi connectivity index (χ0n) is 18.7. The molecule has 0 radical (unpaired) electrons. The summed E-state index contributed by atoms with van der Waals surface area (Å²) in [5.74, 6) is -1.51. The molecule has 176 valence electrons. The predicted octanol–water partition coefficient (Wildman–Crippen LogP) is 8.82. The van der Waals surface area contributed by atoms with Crippen LogP contribution in [0.25, 0.3) is 0 Å². The molecule has 2 heterocycles. The quantitative estimate of drug-likeness (QED) is 0.253. The van der Waals surface area contributed by atoms with Gasteiger partial charge in [0, 0.05) is 11.1 Å². The van der Waals surface area contributed by atoms with Gasteiger partial charge >= 0.3 is 0 Å². The smallest absolute Gasteiger partial charge is 0.271 e. The minimum Gasteiger partial charge on any atom is -0.453 e. The van der Waals surface area contributed by atoms with Gasteiger partial charge < -0.3 is 9.47 Å². The first-order valence-corrected chi connectivity index (χ1v) is 12.4. The monoisotopic (exact) mass is 542 g/mol. The van der Waals surface area contributed by atoms with Gasteiger partial charge in [0.1, 0.15) is 11.5 Å². The van der Waals surface area contributed by atoms with E-state index in [1.807, 2.05) is 62.4 Å². The number of fused-ring (bicyclic) bond motifs is 6. The number of hydrogen-bond donors (Lipinski definition) is 0. The van der Waals surface area contributed by atoms with Crippen LogP contribution in [0.1, 0.15) is 33.4 Å². The topological polar surface area (TPSA) is 27.7 Å². The summed E-state index contributed by atoms with van der Waals surface area (Å²) in [7, 11) is 0. The van der Waals surface area contributed by atoms with Crippen molar-refractivity contribution in [2.45, 2.75) is 25.4 Å². The van der Waals surface area contributed by atoms with E-state index in [0.717, 1.165) is 22.3 Å². The van der Waals surface area contributed by atoms with Crippen LogP contribution in [0.5, 0.6) is 11.5 Å². The van der Waals surface area contributed by atoms with Gasteiger partial charge in [0.2, 0.25) is 0 Å². The summed E-state index contributed by atoms with van der Waals surface area (Å²) in [6, 6.07) is 22.5. The largest absolute Gasteiger partial charge is 0.453 e. The van der Waals surface area contributed by atoms with Gasteiger partial charge in [0.15, 0.2) is 0 Å². The Bertz CT molecular complexity index is 1410. The third kappa shape index (κ3) is 3.45. The molecule has 4 aromatic carbocycles. The number of halogens is 4. The van der Waals surface area contributed by atoms with E-state index < -0.39 is 11.6 Å². The molecule has 0 N–H and O–H groups in total. The van der Waals surface area contributed by atoms with Gasteiger partial charge in [0.25, 0.3) is 11.6 Å². The van der Waals surface area contributed by atoms with Crippen molar-refractivity contribution in [1.82, 2.24) is 0 Å². The molecule has 2 atom stereocenters. The zero-order valence-corrected chi connectivity index (χ0v) is 21.7. The summed E-state index contributed by atoms with van der Waals surface area (Å²) < 4.78 is 20.5. The fourth-order valence-corrected chi connectivity index (χ4v) is 5.30. The Kier molecular flexibility index (Phi) is 5.30. The summed E-state index contributed by atoms with van der Waals surface area (Å²) in [6.07, 6.45) is 0.